The highest BCUT2D eigenvalue weighted by atomic mass is 19.4. The third-order valence-corrected chi connectivity index (χ3v) is 4.09. The first-order valence-corrected chi connectivity index (χ1v) is 8.32. The molecule has 0 fully saturated rings. The van der Waals surface area contributed by atoms with E-state index in [9.17, 15) is 18.3 Å². The molecule has 140 valence electrons. The van der Waals surface area contributed by atoms with E-state index in [1.165, 1.54) is 18.2 Å². The van der Waals surface area contributed by atoms with Crippen LogP contribution in [-0.2, 0) is 6.18 Å². The molecule has 0 aliphatic carbocycles. The number of aromatic nitrogens is 2. The van der Waals surface area contributed by atoms with Crippen molar-refractivity contribution in [3.8, 4) is 28.8 Å². The Hall–Kier alpha value is -3.61. The van der Waals surface area contributed by atoms with Crippen LogP contribution in [0.3, 0.4) is 0 Å². The molecule has 28 heavy (non-hydrogen) atoms. The van der Waals surface area contributed by atoms with Crippen molar-refractivity contribution in [2.75, 3.05) is 0 Å². The number of ether oxygens (including phenoxy) is 1. The number of para-hydroxylation sites is 2. The maximum absolute atomic E-state index is 13.0. The summed E-state index contributed by atoms with van der Waals surface area (Å²) in [5.74, 6) is 0.298. The number of hydrogen-bond donors (Lipinski definition) is 1. The Morgan fingerprint density at radius 2 is 1.57 bits per heavy atom. The molecule has 4 aromatic rings. The van der Waals surface area contributed by atoms with Crippen LogP contribution in [0.15, 0.2) is 72.8 Å². The van der Waals surface area contributed by atoms with Crippen LogP contribution in [-0.4, -0.2) is 15.1 Å². The summed E-state index contributed by atoms with van der Waals surface area (Å²) in [5, 5.41) is 10.6. The molecular formula is C21H13F3N2O2. The molecule has 0 aliphatic heterocycles. The van der Waals surface area contributed by atoms with Crippen LogP contribution < -0.4 is 4.74 Å². The molecule has 1 aromatic heterocycles. The van der Waals surface area contributed by atoms with E-state index in [1.807, 2.05) is 0 Å². The van der Waals surface area contributed by atoms with E-state index in [2.05, 4.69) is 9.97 Å². The molecular weight excluding hydrogens is 369 g/mol. The Morgan fingerprint density at radius 3 is 2.36 bits per heavy atom. The van der Waals surface area contributed by atoms with Crippen molar-refractivity contribution in [3.63, 3.8) is 0 Å². The van der Waals surface area contributed by atoms with Gasteiger partial charge in [-0.05, 0) is 42.5 Å². The number of nitrogens with zero attached hydrogens (tertiary/aromatic N) is 2. The molecule has 0 aliphatic rings. The molecule has 0 amide bonds. The SMILES string of the molecule is Oc1ccccc1-c1nc(Oc2cccc(C(F)(F)F)c2)c2ccccc2n1. The minimum absolute atomic E-state index is 0.00177. The van der Waals surface area contributed by atoms with E-state index in [0.717, 1.165) is 12.1 Å². The zero-order valence-electron chi connectivity index (χ0n) is 14.3. The summed E-state index contributed by atoms with van der Waals surface area (Å²) >= 11 is 0. The number of rotatable bonds is 3. The number of aromatic hydroxyl groups is 1. The van der Waals surface area contributed by atoms with E-state index in [4.69, 9.17) is 4.74 Å². The first kappa shape index (κ1) is 17.8. The standard InChI is InChI=1S/C21H13F3N2O2/c22-21(23,24)13-6-5-7-14(12-13)28-20-15-8-1-3-10-17(15)25-19(26-20)16-9-2-4-11-18(16)27/h1-12,27H. The smallest absolute Gasteiger partial charge is 0.416 e. The summed E-state index contributed by atoms with van der Waals surface area (Å²) in [6, 6.07) is 18.1. The van der Waals surface area contributed by atoms with Gasteiger partial charge in [0.15, 0.2) is 5.82 Å². The highest BCUT2D eigenvalue weighted by Crippen LogP contribution is 2.35. The van der Waals surface area contributed by atoms with Crippen LogP contribution in [0.1, 0.15) is 5.56 Å². The van der Waals surface area contributed by atoms with Gasteiger partial charge in [-0.1, -0.05) is 30.3 Å². The Labute approximate surface area is 157 Å². The van der Waals surface area contributed by atoms with Crippen molar-refractivity contribution in [3.05, 3.63) is 78.4 Å². The number of hydrogen-bond acceptors (Lipinski definition) is 4. The van der Waals surface area contributed by atoms with Crippen molar-refractivity contribution in [2.45, 2.75) is 6.18 Å². The topological polar surface area (TPSA) is 55.2 Å². The molecule has 0 bridgehead atoms. The molecule has 7 heteroatoms. The Kier molecular flexibility index (Phi) is 4.35. The lowest BCUT2D eigenvalue weighted by molar-refractivity contribution is -0.137. The van der Waals surface area contributed by atoms with Gasteiger partial charge >= 0.3 is 6.18 Å². The van der Waals surface area contributed by atoms with Gasteiger partial charge in [-0.15, -0.1) is 0 Å². The van der Waals surface area contributed by atoms with Crippen LogP contribution in [0.4, 0.5) is 13.2 Å². The fourth-order valence-corrected chi connectivity index (χ4v) is 2.76. The minimum atomic E-state index is -4.48. The number of phenolic OH excluding ortho intramolecular Hbond substituents is 1. The first-order chi connectivity index (χ1) is 13.4. The maximum atomic E-state index is 13.0. The van der Waals surface area contributed by atoms with Crippen LogP contribution in [0.2, 0.25) is 0 Å². The molecule has 0 saturated carbocycles. The normalized spacial score (nSPS) is 11.5. The molecule has 3 aromatic carbocycles. The average Bonchev–Trinajstić information content (AvgIpc) is 2.68. The van der Waals surface area contributed by atoms with Crippen LogP contribution in [0, 0.1) is 0 Å². The van der Waals surface area contributed by atoms with Crippen molar-refractivity contribution < 1.29 is 23.0 Å². The lowest BCUT2D eigenvalue weighted by Crippen LogP contribution is -2.04. The van der Waals surface area contributed by atoms with Gasteiger partial charge in [-0.2, -0.15) is 18.2 Å². The summed E-state index contributed by atoms with van der Waals surface area (Å²) in [5.41, 5.74) is 0.115. The van der Waals surface area contributed by atoms with E-state index in [0.29, 0.717) is 16.5 Å². The zero-order valence-corrected chi connectivity index (χ0v) is 14.3. The maximum Gasteiger partial charge on any atom is 0.416 e. The summed E-state index contributed by atoms with van der Waals surface area (Å²) in [6.45, 7) is 0. The monoisotopic (exact) mass is 382 g/mol. The predicted molar refractivity (Wildman–Crippen MR) is 98.2 cm³/mol. The Balaban J connectivity index is 1.84. The summed E-state index contributed by atoms with van der Waals surface area (Å²) < 4.78 is 44.6. The van der Waals surface area contributed by atoms with Crippen molar-refractivity contribution >= 4 is 10.9 Å². The van der Waals surface area contributed by atoms with Crippen LogP contribution >= 0.6 is 0 Å². The van der Waals surface area contributed by atoms with E-state index < -0.39 is 11.7 Å². The van der Waals surface area contributed by atoms with Gasteiger partial charge in [0.2, 0.25) is 5.88 Å². The molecule has 1 heterocycles. The molecule has 4 nitrogen and oxygen atoms in total. The Bertz CT molecular complexity index is 1160. The second kappa shape index (κ2) is 6.84. The Morgan fingerprint density at radius 1 is 0.821 bits per heavy atom. The van der Waals surface area contributed by atoms with Crippen LogP contribution in [0.5, 0.6) is 17.4 Å². The third kappa shape index (κ3) is 3.46. The third-order valence-electron chi connectivity index (χ3n) is 4.09. The quantitative estimate of drug-likeness (QED) is 0.486. The fraction of sp³-hybridized carbons (Fsp3) is 0.0476. The summed E-state index contributed by atoms with van der Waals surface area (Å²) in [7, 11) is 0. The largest absolute Gasteiger partial charge is 0.507 e. The molecule has 4 rings (SSSR count). The van der Waals surface area contributed by atoms with Crippen molar-refractivity contribution in [1.29, 1.82) is 0 Å². The van der Waals surface area contributed by atoms with Gasteiger partial charge in [0.05, 0.1) is 22.0 Å². The number of alkyl halides is 3. The van der Waals surface area contributed by atoms with Gasteiger partial charge in [0.25, 0.3) is 0 Å². The van der Waals surface area contributed by atoms with Gasteiger partial charge in [-0.25, -0.2) is 4.98 Å². The molecule has 0 unspecified atom stereocenters. The van der Waals surface area contributed by atoms with Crippen molar-refractivity contribution in [1.82, 2.24) is 9.97 Å². The first-order valence-electron chi connectivity index (χ1n) is 8.32. The van der Waals surface area contributed by atoms with Gasteiger partial charge in [0, 0.05) is 0 Å². The predicted octanol–water partition coefficient (Wildman–Crippen LogP) is 5.81. The number of halogens is 3. The molecule has 0 radical (unpaired) electrons. The van der Waals surface area contributed by atoms with Gasteiger partial charge in [0.1, 0.15) is 11.5 Å². The lowest BCUT2D eigenvalue weighted by atomic mass is 10.1. The highest BCUT2D eigenvalue weighted by Gasteiger charge is 2.30. The molecule has 0 spiro atoms. The molecule has 0 saturated heterocycles. The zero-order chi connectivity index (χ0) is 19.7. The second-order valence-electron chi connectivity index (χ2n) is 6.01. The molecule has 0 atom stereocenters. The van der Waals surface area contributed by atoms with E-state index in [1.54, 1.807) is 42.5 Å². The lowest BCUT2D eigenvalue weighted by Gasteiger charge is -2.12. The number of phenols is 1. The molecule has 1 N–H and O–H groups in total. The van der Waals surface area contributed by atoms with Gasteiger partial charge < -0.3 is 9.84 Å². The number of benzene rings is 3. The summed E-state index contributed by atoms with van der Waals surface area (Å²) in [6.07, 6.45) is -4.48. The highest BCUT2D eigenvalue weighted by molar-refractivity contribution is 5.85. The van der Waals surface area contributed by atoms with E-state index >= 15 is 0 Å². The fourth-order valence-electron chi connectivity index (χ4n) is 2.76. The summed E-state index contributed by atoms with van der Waals surface area (Å²) in [4.78, 5) is 8.78. The minimum Gasteiger partial charge on any atom is -0.507 e. The second-order valence-corrected chi connectivity index (χ2v) is 6.01. The average molecular weight is 382 g/mol. The van der Waals surface area contributed by atoms with Gasteiger partial charge in [-0.3, -0.25) is 0 Å². The van der Waals surface area contributed by atoms with Crippen molar-refractivity contribution in [2.24, 2.45) is 0 Å². The van der Waals surface area contributed by atoms with E-state index in [-0.39, 0.29) is 23.2 Å². The van der Waals surface area contributed by atoms with Crippen LogP contribution in [0.25, 0.3) is 22.3 Å². The number of fused-ring (bicyclic) bond motifs is 1.